The van der Waals surface area contributed by atoms with Crippen molar-refractivity contribution < 1.29 is 19.7 Å². The van der Waals surface area contributed by atoms with E-state index in [1.165, 1.54) is 6.07 Å². The summed E-state index contributed by atoms with van der Waals surface area (Å²) in [6.07, 6.45) is 0.150. The van der Waals surface area contributed by atoms with E-state index < -0.39 is 27.0 Å². The molecule has 0 fully saturated rings. The number of rotatable bonds is 7. The van der Waals surface area contributed by atoms with Gasteiger partial charge in [-0.25, -0.2) is 0 Å². The molecule has 0 aliphatic rings. The number of hydrogen-bond acceptors (Lipinski definition) is 6. The van der Waals surface area contributed by atoms with E-state index in [0.717, 1.165) is 12.1 Å². The number of nitrogens with zero attached hydrogens (tertiary/aromatic N) is 2. The Bertz CT molecular complexity index is 584. The van der Waals surface area contributed by atoms with E-state index >= 15 is 0 Å². The molecule has 1 aromatic carbocycles. The maximum atomic E-state index is 11.0. The highest BCUT2D eigenvalue weighted by molar-refractivity contribution is 5.68. The summed E-state index contributed by atoms with van der Waals surface area (Å²) in [7, 11) is 0. The first-order valence-electron chi connectivity index (χ1n) is 6.05. The Labute approximate surface area is 119 Å². The van der Waals surface area contributed by atoms with Crippen LogP contribution >= 0.6 is 0 Å². The predicted octanol–water partition coefficient (Wildman–Crippen LogP) is 2.56. The number of non-ortho nitro benzene ring substituents is 1. The molecular weight excluding hydrogens is 282 g/mol. The summed E-state index contributed by atoms with van der Waals surface area (Å²) >= 11 is 0. The fourth-order valence-corrected chi connectivity index (χ4v) is 1.74. The van der Waals surface area contributed by atoms with Gasteiger partial charge in [0.1, 0.15) is 5.69 Å². The highest BCUT2D eigenvalue weighted by Crippen LogP contribution is 2.31. The van der Waals surface area contributed by atoms with Crippen LogP contribution < -0.4 is 5.32 Å². The van der Waals surface area contributed by atoms with E-state index in [0.29, 0.717) is 0 Å². The zero-order valence-corrected chi connectivity index (χ0v) is 11.5. The lowest BCUT2D eigenvalue weighted by atomic mass is 9.97. The average molecular weight is 297 g/mol. The molecule has 2 N–H and O–H groups in total. The van der Waals surface area contributed by atoms with E-state index in [1.807, 2.05) is 0 Å². The number of nitro groups is 2. The van der Waals surface area contributed by atoms with Crippen LogP contribution in [0, 0.1) is 20.2 Å². The van der Waals surface area contributed by atoms with Crippen LogP contribution in [-0.2, 0) is 4.79 Å². The Balaban J connectivity index is 3.04. The van der Waals surface area contributed by atoms with Gasteiger partial charge in [-0.15, -0.1) is 0 Å². The first-order chi connectivity index (χ1) is 9.62. The number of benzene rings is 1. The Morgan fingerprint density at radius 2 is 1.90 bits per heavy atom. The van der Waals surface area contributed by atoms with Gasteiger partial charge in [0, 0.05) is 18.0 Å². The summed E-state index contributed by atoms with van der Waals surface area (Å²) in [5, 5.41) is 33.2. The summed E-state index contributed by atoms with van der Waals surface area (Å²) in [5.74, 6) is -0.969. The van der Waals surface area contributed by atoms with Gasteiger partial charge in [-0.3, -0.25) is 25.0 Å². The molecule has 1 aromatic rings. The molecular formula is C12H15N3O6. The van der Waals surface area contributed by atoms with Gasteiger partial charge in [-0.1, -0.05) is 0 Å². The smallest absolute Gasteiger partial charge is 0.303 e. The van der Waals surface area contributed by atoms with Crippen molar-refractivity contribution in [1.29, 1.82) is 0 Å². The van der Waals surface area contributed by atoms with E-state index in [1.54, 1.807) is 13.8 Å². The van der Waals surface area contributed by atoms with Gasteiger partial charge in [-0.05, 0) is 26.3 Å². The summed E-state index contributed by atoms with van der Waals surface area (Å²) in [4.78, 5) is 30.8. The molecule has 0 atom stereocenters. The van der Waals surface area contributed by atoms with E-state index in [4.69, 9.17) is 5.11 Å². The minimum absolute atomic E-state index is 0.0964. The lowest BCUT2D eigenvalue weighted by molar-refractivity contribution is -0.393. The predicted molar refractivity (Wildman–Crippen MR) is 74.3 cm³/mol. The second kappa shape index (κ2) is 6.16. The Hall–Kier alpha value is -2.71. The van der Waals surface area contributed by atoms with Gasteiger partial charge >= 0.3 is 5.97 Å². The van der Waals surface area contributed by atoms with Crippen LogP contribution in [0.5, 0.6) is 0 Å². The third-order valence-corrected chi connectivity index (χ3v) is 2.83. The molecule has 0 aliphatic heterocycles. The van der Waals surface area contributed by atoms with Crippen LogP contribution in [0.4, 0.5) is 17.1 Å². The monoisotopic (exact) mass is 297 g/mol. The van der Waals surface area contributed by atoms with Gasteiger partial charge in [-0.2, -0.15) is 0 Å². The second-order valence-corrected chi connectivity index (χ2v) is 5.12. The van der Waals surface area contributed by atoms with Crippen molar-refractivity contribution in [2.75, 3.05) is 5.32 Å². The van der Waals surface area contributed by atoms with Crippen LogP contribution in [0.15, 0.2) is 18.2 Å². The number of carboxylic acids is 1. The first-order valence-corrected chi connectivity index (χ1v) is 6.05. The molecule has 9 nitrogen and oxygen atoms in total. The maximum absolute atomic E-state index is 11.0. The van der Waals surface area contributed by atoms with Gasteiger partial charge < -0.3 is 10.4 Å². The van der Waals surface area contributed by atoms with E-state index in [2.05, 4.69) is 5.32 Å². The molecule has 0 saturated carbocycles. The normalized spacial score (nSPS) is 11.0. The minimum atomic E-state index is -0.969. The van der Waals surface area contributed by atoms with Crippen LogP contribution in [0.25, 0.3) is 0 Å². The van der Waals surface area contributed by atoms with Crippen LogP contribution in [0.1, 0.15) is 26.7 Å². The molecule has 0 saturated heterocycles. The molecule has 0 heterocycles. The van der Waals surface area contributed by atoms with Crippen molar-refractivity contribution in [3.63, 3.8) is 0 Å². The van der Waals surface area contributed by atoms with Gasteiger partial charge in [0.25, 0.3) is 11.4 Å². The highest BCUT2D eigenvalue weighted by Gasteiger charge is 2.25. The lowest BCUT2D eigenvalue weighted by Crippen LogP contribution is -2.31. The maximum Gasteiger partial charge on any atom is 0.303 e. The second-order valence-electron chi connectivity index (χ2n) is 5.12. The number of hydrogen-bond donors (Lipinski definition) is 2. The number of carboxylic acid groups (broad SMARTS) is 1. The fraction of sp³-hybridized carbons (Fsp3) is 0.417. The lowest BCUT2D eigenvalue weighted by Gasteiger charge is -2.26. The van der Waals surface area contributed by atoms with Crippen LogP contribution in [0.3, 0.4) is 0 Å². The largest absolute Gasteiger partial charge is 0.481 e. The van der Waals surface area contributed by atoms with E-state index in [-0.39, 0.29) is 24.2 Å². The van der Waals surface area contributed by atoms with Crippen LogP contribution in [0.2, 0.25) is 0 Å². The number of anilines is 1. The summed E-state index contributed by atoms with van der Waals surface area (Å²) in [6.45, 7) is 3.39. The molecule has 0 aromatic heterocycles. The van der Waals surface area contributed by atoms with Crippen LogP contribution in [-0.4, -0.2) is 26.5 Å². The van der Waals surface area contributed by atoms with Gasteiger partial charge in [0.15, 0.2) is 0 Å². The molecule has 0 amide bonds. The fourth-order valence-electron chi connectivity index (χ4n) is 1.74. The third-order valence-electron chi connectivity index (χ3n) is 2.83. The van der Waals surface area contributed by atoms with Gasteiger partial charge in [0.2, 0.25) is 0 Å². The SMILES string of the molecule is CC(C)(CCC(=O)O)Nc1ccc([N+](=O)[O-])cc1[N+](=O)[O-]. The zero-order valence-electron chi connectivity index (χ0n) is 11.5. The molecule has 0 aliphatic carbocycles. The molecule has 114 valence electrons. The molecule has 1 rings (SSSR count). The van der Waals surface area contributed by atoms with Crippen molar-refractivity contribution in [2.24, 2.45) is 0 Å². The Morgan fingerprint density at radius 1 is 1.29 bits per heavy atom. The third kappa shape index (κ3) is 4.71. The zero-order chi connectivity index (χ0) is 16.2. The topological polar surface area (TPSA) is 136 Å². The number of nitro benzene ring substituents is 2. The molecule has 0 radical (unpaired) electrons. The quantitative estimate of drug-likeness (QED) is 0.583. The number of aliphatic carboxylic acids is 1. The van der Waals surface area contributed by atoms with Crippen molar-refractivity contribution in [1.82, 2.24) is 0 Å². The number of carbonyl (C=O) groups is 1. The summed E-state index contributed by atoms with van der Waals surface area (Å²) in [6, 6.07) is 3.27. The molecule has 0 bridgehead atoms. The first kappa shape index (κ1) is 16.3. The van der Waals surface area contributed by atoms with E-state index in [9.17, 15) is 25.0 Å². The number of nitrogens with one attached hydrogen (secondary N) is 1. The van der Waals surface area contributed by atoms with Crippen molar-refractivity contribution in [3.8, 4) is 0 Å². The molecule has 0 spiro atoms. The summed E-state index contributed by atoms with van der Waals surface area (Å²) in [5.41, 5.74) is -1.40. The van der Waals surface area contributed by atoms with Crippen molar-refractivity contribution >= 4 is 23.0 Å². The summed E-state index contributed by atoms with van der Waals surface area (Å²) < 4.78 is 0. The molecule has 21 heavy (non-hydrogen) atoms. The Morgan fingerprint density at radius 3 is 2.38 bits per heavy atom. The van der Waals surface area contributed by atoms with Gasteiger partial charge in [0.05, 0.1) is 15.9 Å². The molecule has 9 heteroatoms. The minimum Gasteiger partial charge on any atom is -0.481 e. The standard InChI is InChI=1S/C12H15N3O6/c1-12(2,6-5-11(16)17)13-9-4-3-8(14(18)19)7-10(9)15(20)21/h3-4,7,13H,5-6H2,1-2H3,(H,16,17). The van der Waals surface area contributed by atoms with Crippen molar-refractivity contribution in [3.05, 3.63) is 38.4 Å². The highest BCUT2D eigenvalue weighted by atomic mass is 16.6. The van der Waals surface area contributed by atoms with Crippen molar-refractivity contribution in [2.45, 2.75) is 32.2 Å². The average Bonchev–Trinajstić information content (AvgIpc) is 2.36. The molecule has 0 unspecified atom stereocenters. The Kier molecular flexibility index (Phi) is 4.79.